The van der Waals surface area contributed by atoms with Gasteiger partial charge in [0.25, 0.3) is 0 Å². The standard InChI is InChI=1S/C18H17F3N2O3/c19-18(20,21)11-3-1-2-4-12(11)22-13(24)8-23-16(25)14-9-5-6-10(7-9)15(14)17(23)26/h1-4,9-10,14-15H,5-8H2,(H,22,24)/t9-,10+,14+,15-. The van der Waals surface area contributed by atoms with Gasteiger partial charge in [0.2, 0.25) is 17.7 Å². The van der Waals surface area contributed by atoms with Crippen LogP contribution in [0.15, 0.2) is 24.3 Å². The Morgan fingerprint density at radius 3 is 2.23 bits per heavy atom. The maximum atomic E-state index is 13.0. The van der Waals surface area contributed by atoms with Crippen LogP contribution in [0.4, 0.5) is 18.9 Å². The van der Waals surface area contributed by atoms with Crippen LogP contribution in [-0.2, 0) is 20.6 Å². The van der Waals surface area contributed by atoms with Gasteiger partial charge < -0.3 is 5.32 Å². The molecule has 5 nitrogen and oxygen atoms in total. The van der Waals surface area contributed by atoms with Crippen LogP contribution in [0.1, 0.15) is 24.8 Å². The Balaban J connectivity index is 1.48. The van der Waals surface area contributed by atoms with Gasteiger partial charge in [-0.05, 0) is 43.2 Å². The van der Waals surface area contributed by atoms with Crippen molar-refractivity contribution in [2.24, 2.45) is 23.7 Å². The third kappa shape index (κ3) is 2.59. The molecule has 2 aliphatic carbocycles. The summed E-state index contributed by atoms with van der Waals surface area (Å²) in [6, 6.07) is 4.61. The topological polar surface area (TPSA) is 66.5 Å². The molecule has 138 valence electrons. The Hall–Kier alpha value is -2.38. The molecule has 1 aromatic carbocycles. The quantitative estimate of drug-likeness (QED) is 0.837. The van der Waals surface area contributed by atoms with Crippen LogP contribution in [-0.4, -0.2) is 29.2 Å². The molecule has 26 heavy (non-hydrogen) atoms. The normalized spacial score (nSPS) is 30.0. The number of para-hydroxylation sites is 1. The van der Waals surface area contributed by atoms with Gasteiger partial charge in [-0.25, -0.2) is 0 Å². The molecule has 3 amide bonds. The molecule has 0 unspecified atom stereocenters. The molecule has 0 spiro atoms. The summed E-state index contributed by atoms with van der Waals surface area (Å²) in [6.45, 7) is -0.545. The number of nitrogens with one attached hydrogen (secondary N) is 1. The second-order valence-corrected chi connectivity index (χ2v) is 7.24. The summed E-state index contributed by atoms with van der Waals surface area (Å²) in [7, 11) is 0. The van der Waals surface area contributed by atoms with E-state index in [1.807, 2.05) is 0 Å². The van der Waals surface area contributed by atoms with Crippen LogP contribution in [0.5, 0.6) is 0 Å². The van der Waals surface area contributed by atoms with E-state index in [4.69, 9.17) is 0 Å². The Morgan fingerprint density at radius 1 is 1.08 bits per heavy atom. The molecular formula is C18H17F3N2O3. The minimum Gasteiger partial charge on any atom is -0.324 e. The minimum atomic E-state index is -4.61. The van der Waals surface area contributed by atoms with Crippen LogP contribution in [0.2, 0.25) is 0 Å². The first-order valence-corrected chi connectivity index (χ1v) is 8.58. The largest absolute Gasteiger partial charge is 0.418 e. The van der Waals surface area contributed by atoms with Gasteiger partial charge in [-0.3, -0.25) is 19.3 Å². The van der Waals surface area contributed by atoms with Crippen molar-refractivity contribution in [3.63, 3.8) is 0 Å². The fourth-order valence-corrected chi connectivity index (χ4v) is 4.80. The van der Waals surface area contributed by atoms with Crippen molar-refractivity contribution in [1.29, 1.82) is 0 Å². The summed E-state index contributed by atoms with van der Waals surface area (Å²) >= 11 is 0. The van der Waals surface area contributed by atoms with Crippen molar-refractivity contribution in [2.45, 2.75) is 25.4 Å². The van der Waals surface area contributed by atoms with Crippen molar-refractivity contribution in [3.8, 4) is 0 Å². The van der Waals surface area contributed by atoms with Crippen LogP contribution in [0.3, 0.4) is 0 Å². The number of hydrogen-bond acceptors (Lipinski definition) is 3. The van der Waals surface area contributed by atoms with Crippen molar-refractivity contribution < 1.29 is 27.6 Å². The third-order valence-electron chi connectivity index (χ3n) is 5.83. The number of alkyl halides is 3. The molecule has 1 heterocycles. The van der Waals surface area contributed by atoms with E-state index in [0.29, 0.717) is 0 Å². The highest BCUT2D eigenvalue weighted by Gasteiger charge is 2.60. The number of amides is 3. The lowest BCUT2D eigenvalue weighted by molar-refractivity contribution is -0.143. The van der Waals surface area contributed by atoms with Crippen molar-refractivity contribution in [2.75, 3.05) is 11.9 Å². The second kappa shape index (κ2) is 5.82. The van der Waals surface area contributed by atoms with E-state index < -0.39 is 24.2 Å². The molecule has 1 aliphatic heterocycles. The highest BCUT2D eigenvalue weighted by molar-refractivity contribution is 6.09. The number of imide groups is 1. The number of benzene rings is 1. The number of carbonyl (C=O) groups excluding carboxylic acids is 3. The van der Waals surface area contributed by atoms with Gasteiger partial charge in [0.15, 0.2) is 0 Å². The van der Waals surface area contributed by atoms with E-state index in [2.05, 4.69) is 5.32 Å². The first-order valence-electron chi connectivity index (χ1n) is 8.58. The summed E-state index contributed by atoms with van der Waals surface area (Å²) in [6.07, 6.45) is -1.89. The maximum Gasteiger partial charge on any atom is 0.418 e. The zero-order chi connectivity index (χ0) is 18.6. The van der Waals surface area contributed by atoms with Gasteiger partial charge in [0.1, 0.15) is 6.54 Å². The molecular weight excluding hydrogens is 349 g/mol. The van der Waals surface area contributed by atoms with Crippen molar-refractivity contribution in [1.82, 2.24) is 4.90 Å². The smallest absolute Gasteiger partial charge is 0.324 e. The molecule has 8 heteroatoms. The Kier molecular flexibility index (Phi) is 3.82. The molecule has 3 aliphatic rings. The molecule has 0 aromatic heterocycles. The molecule has 1 saturated heterocycles. The van der Waals surface area contributed by atoms with Gasteiger partial charge in [0, 0.05) is 0 Å². The predicted molar refractivity (Wildman–Crippen MR) is 84.6 cm³/mol. The van der Waals surface area contributed by atoms with Crippen LogP contribution in [0, 0.1) is 23.7 Å². The minimum absolute atomic E-state index is 0.195. The van der Waals surface area contributed by atoms with E-state index >= 15 is 0 Å². The van der Waals surface area contributed by atoms with Gasteiger partial charge in [0.05, 0.1) is 23.1 Å². The average molecular weight is 366 g/mol. The zero-order valence-corrected chi connectivity index (χ0v) is 13.8. The fourth-order valence-electron chi connectivity index (χ4n) is 4.80. The highest BCUT2D eigenvalue weighted by atomic mass is 19.4. The molecule has 3 fully saturated rings. The number of likely N-dealkylation sites (tertiary alicyclic amines) is 1. The lowest BCUT2D eigenvalue weighted by atomic mass is 9.81. The molecule has 4 rings (SSSR count). The second-order valence-electron chi connectivity index (χ2n) is 7.24. The summed E-state index contributed by atoms with van der Waals surface area (Å²) in [4.78, 5) is 38.2. The number of rotatable bonds is 3. The Labute approximate surface area is 147 Å². The fraction of sp³-hybridized carbons (Fsp3) is 0.500. The zero-order valence-electron chi connectivity index (χ0n) is 13.8. The SMILES string of the molecule is O=C(CN1C(=O)[C@@H]2[C@H]3CC[C@H](C3)[C@@H]2C1=O)Nc1ccccc1C(F)(F)F. The molecule has 1 aromatic rings. The van der Waals surface area contributed by atoms with Gasteiger partial charge >= 0.3 is 6.18 Å². The van der Waals surface area contributed by atoms with E-state index in [9.17, 15) is 27.6 Å². The number of halogens is 3. The van der Waals surface area contributed by atoms with Crippen LogP contribution in [0.25, 0.3) is 0 Å². The Bertz CT molecular complexity index is 764. The number of hydrogen-bond donors (Lipinski definition) is 1. The van der Waals surface area contributed by atoms with Crippen molar-refractivity contribution >= 4 is 23.4 Å². The Morgan fingerprint density at radius 2 is 1.65 bits per heavy atom. The van der Waals surface area contributed by atoms with Gasteiger partial charge in [-0.2, -0.15) is 13.2 Å². The molecule has 0 radical (unpaired) electrons. The first kappa shape index (κ1) is 17.1. The lowest BCUT2D eigenvalue weighted by Crippen LogP contribution is -2.39. The third-order valence-corrected chi connectivity index (χ3v) is 5.83. The molecule has 4 atom stereocenters. The first-order chi connectivity index (χ1) is 12.3. The lowest BCUT2D eigenvalue weighted by Gasteiger charge is -2.19. The highest BCUT2D eigenvalue weighted by Crippen LogP contribution is 2.56. The monoisotopic (exact) mass is 366 g/mol. The van der Waals surface area contributed by atoms with Gasteiger partial charge in [-0.15, -0.1) is 0 Å². The summed E-state index contributed by atoms with van der Waals surface area (Å²) < 4.78 is 39.0. The number of nitrogens with zero attached hydrogens (tertiary/aromatic N) is 1. The summed E-state index contributed by atoms with van der Waals surface area (Å²) in [5.41, 5.74) is -1.35. The van der Waals surface area contributed by atoms with E-state index in [1.165, 1.54) is 12.1 Å². The van der Waals surface area contributed by atoms with Gasteiger partial charge in [-0.1, -0.05) is 12.1 Å². The maximum absolute atomic E-state index is 13.0. The number of carbonyl (C=O) groups is 3. The predicted octanol–water partition coefficient (Wildman–Crippen LogP) is 2.68. The van der Waals surface area contributed by atoms with E-state index in [0.717, 1.165) is 36.3 Å². The number of fused-ring (bicyclic) bond motifs is 5. The summed E-state index contributed by atoms with van der Waals surface area (Å²) in [5.74, 6) is -1.83. The van der Waals surface area contributed by atoms with Crippen LogP contribution >= 0.6 is 0 Å². The van der Waals surface area contributed by atoms with E-state index in [1.54, 1.807) is 0 Å². The van der Waals surface area contributed by atoms with Crippen molar-refractivity contribution in [3.05, 3.63) is 29.8 Å². The average Bonchev–Trinajstić information content (AvgIpc) is 3.24. The summed E-state index contributed by atoms with van der Waals surface area (Å²) in [5, 5.41) is 2.18. The van der Waals surface area contributed by atoms with Crippen LogP contribution < -0.4 is 5.32 Å². The van der Waals surface area contributed by atoms with E-state index in [-0.39, 0.29) is 41.2 Å². The molecule has 1 N–H and O–H groups in total. The molecule has 2 bridgehead atoms. The number of anilines is 1. The molecule has 2 saturated carbocycles.